The molecule has 0 atom stereocenters. The molecule has 13 heavy (non-hydrogen) atoms. The Morgan fingerprint density at radius 2 is 2.08 bits per heavy atom. The van der Waals surface area contributed by atoms with Gasteiger partial charge in [0.25, 0.3) is 0 Å². The van der Waals surface area contributed by atoms with Gasteiger partial charge in [0.1, 0.15) is 0 Å². The predicted molar refractivity (Wildman–Crippen MR) is 57.5 cm³/mol. The van der Waals surface area contributed by atoms with E-state index in [0.717, 1.165) is 11.0 Å². The van der Waals surface area contributed by atoms with Gasteiger partial charge in [0.2, 0.25) is 0 Å². The van der Waals surface area contributed by atoms with Gasteiger partial charge >= 0.3 is 0 Å². The predicted octanol–water partition coefficient (Wildman–Crippen LogP) is 2.72. The fraction of sp³-hybridized carbons (Fsp3) is 0.400. The van der Waals surface area contributed by atoms with E-state index in [-0.39, 0.29) is 0 Å². The van der Waals surface area contributed by atoms with Gasteiger partial charge in [-0.15, -0.1) is 0 Å². The number of nitrogens with one attached hydrogen (secondary N) is 1. The Morgan fingerprint density at radius 3 is 2.62 bits per heavy atom. The van der Waals surface area contributed by atoms with Crippen molar-refractivity contribution in [1.82, 2.24) is 5.48 Å². The molecule has 0 aliphatic heterocycles. The summed E-state index contributed by atoms with van der Waals surface area (Å²) in [5.41, 5.74) is 6.62. The van der Waals surface area contributed by atoms with E-state index >= 15 is 0 Å². The zero-order valence-electron chi connectivity index (χ0n) is 8.15. The van der Waals surface area contributed by atoms with E-state index in [4.69, 9.17) is 4.84 Å². The van der Waals surface area contributed by atoms with Crippen LogP contribution in [0.4, 0.5) is 0 Å². The van der Waals surface area contributed by atoms with E-state index in [2.05, 4.69) is 47.4 Å². The number of benzene rings is 1. The maximum absolute atomic E-state index is 4.79. The summed E-state index contributed by atoms with van der Waals surface area (Å²) >= 11 is 3.52. The van der Waals surface area contributed by atoms with Gasteiger partial charge in [-0.2, -0.15) is 5.48 Å². The zero-order valence-corrected chi connectivity index (χ0v) is 9.73. The topological polar surface area (TPSA) is 21.3 Å². The number of aryl methyl sites for hydroxylation is 1. The lowest BCUT2D eigenvalue weighted by Gasteiger charge is -2.07. The third kappa shape index (κ3) is 2.79. The van der Waals surface area contributed by atoms with Crippen molar-refractivity contribution >= 4 is 15.9 Å². The van der Waals surface area contributed by atoms with Crippen LogP contribution in [0.1, 0.15) is 16.7 Å². The first-order valence-corrected chi connectivity index (χ1v) is 4.96. The number of hydrogen-bond acceptors (Lipinski definition) is 2. The third-order valence-electron chi connectivity index (χ3n) is 2.08. The molecule has 0 aromatic heterocycles. The van der Waals surface area contributed by atoms with Crippen LogP contribution in [0, 0.1) is 13.8 Å². The molecule has 2 nitrogen and oxygen atoms in total. The van der Waals surface area contributed by atoms with Crippen molar-refractivity contribution in [3.8, 4) is 0 Å². The second kappa shape index (κ2) is 4.74. The fourth-order valence-electron chi connectivity index (χ4n) is 1.14. The Kier molecular flexibility index (Phi) is 3.90. The van der Waals surface area contributed by atoms with Crippen LogP contribution in [0.15, 0.2) is 16.6 Å². The van der Waals surface area contributed by atoms with Crippen LogP contribution >= 0.6 is 15.9 Å². The SMILES string of the molecule is CONCc1cc(C)c(C)c(Br)c1. The molecule has 0 bridgehead atoms. The average molecular weight is 244 g/mol. The van der Waals surface area contributed by atoms with Crippen molar-refractivity contribution in [3.05, 3.63) is 33.3 Å². The molecule has 1 N–H and O–H groups in total. The molecule has 0 aliphatic rings. The first-order valence-electron chi connectivity index (χ1n) is 4.16. The number of rotatable bonds is 3. The average Bonchev–Trinajstić information content (AvgIpc) is 2.10. The molecule has 1 aromatic carbocycles. The minimum absolute atomic E-state index is 0.732. The van der Waals surface area contributed by atoms with Crippen LogP contribution in [0.2, 0.25) is 0 Å². The van der Waals surface area contributed by atoms with Crippen molar-refractivity contribution in [2.75, 3.05) is 7.11 Å². The Morgan fingerprint density at radius 1 is 1.38 bits per heavy atom. The second-order valence-corrected chi connectivity index (χ2v) is 3.90. The van der Waals surface area contributed by atoms with Crippen molar-refractivity contribution < 1.29 is 4.84 Å². The quantitative estimate of drug-likeness (QED) is 0.825. The normalized spacial score (nSPS) is 10.5. The molecular weight excluding hydrogens is 230 g/mol. The van der Waals surface area contributed by atoms with Gasteiger partial charge in [0.05, 0.1) is 7.11 Å². The molecule has 0 radical (unpaired) electrons. The summed E-state index contributed by atoms with van der Waals surface area (Å²) in [7, 11) is 1.62. The largest absolute Gasteiger partial charge is 0.305 e. The summed E-state index contributed by atoms with van der Waals surface area (Å²) < 4.78 is 1.15. The van der Waals surface area contributed by atoms with Crippen LogP contribution in [0.5, 0.6) is 0 Å². The minimum Gasteiger partial charge on any atom is -0.305 e. The highest BCUT2D eigenvalue weighted by Gasteiger charge is 2.01. The molecule has 3 heteroatoms. The van der Waals surface area contributed by atoms with Gasteiger partial charge in [-0.25, -0.2) is 0 Å². The molecule has 0 saturated carbocycles. The highest BCUT2D eigenvalue weighted by atomic mass is 79.9. The van der Waals surface area contributed by atoms with Crippen molar-refractivity contribution in [3.63, 3.8) is 0 Å². The van der Waals surface area contributed by atoms with E-state index in [1.807, 2.05) is 0 Å². The zero-order chi connectivity index (χ0) is 9.84. The summed E-state index contributed by atoms with van der Waals surface area (Å²) in [6.07, 6.45) is 0. The summed E-state index contributed by atoms with van der Waals surface area (Å²) in [5.74, 6) is 0. The number of hydrogen-bond donors (Lipinski definition) is 1. The second-order valence-electron chi connectivity index (χ2n) is 3.04. The van der Waals surface area contributed by atoms with Crippen LogP contribution in [-0.4, -0.2) is 7.11 Å². The van der Waals surface area contributed by atoms with Crippen LogP contribution in [-0.2, 0) is 11.4 Å². The summed E-state index contributed by atoms with van der Waals surface area (Å²) in [5, 5.41) is 0. The van der Waals surface area contributed by atoms with Gasteiger partial charge in [-0.05, 0) is 36.6 Å². The standard InChI is InChI=1S/C10H14BrNO/c1-7-4-9(6-12-13-3)5-10(11)8(7)2/h4-5,12H,6H2,1-3H3. The first-order chi connectivity index (χ1) is 6.15. The number of hydroxylamine groups is 1. The van der Waals surface area contributed by atoms with Crippen LogP contribution < -0.4 is 5.48 Å². The van der Waals surface area contributed by atoms with Gasteiger partial charge in [-0.3, -0.25) is 0 Å². The smallest absolute Gasteiger partial charge is 0.0572 e. The Hall–Kier alpha value is -0.380. The first kappa shape index (κ1) is 10.7. The summed E-state index contributed by atoms with van der Waals surface area (Å²) in [4.78, 5) is 4.79. The Bertz CT molecular complexity index is 276. The minimum atomic E-state index is 0.732. The third-order valence-corrected chi connectivity index (χ3v) is 2.91. The molecule has 0 amide bonds. The molecule has 0 aliphatic carbocycles. The van der Waals surface area contributed by atoms with Gasteiger partial charge in [-0.1, -0.05) is 22.0 Å². The molecule has 0 unspecified atom stereocenters. The maximum Gasteiger partial charge on any atom is 0.0572 e. The summed E-state index contributed by atoms with van der Waals surface area (Å²) in [6.45, 7) is 4.94. The van der Waals surface area contributed by atoms with E-state index in [1.54, 1.807) is 7.11 Å². The molecule has 0 fully saturated rings. The lowest BCUT2D eigenvalue weighted by molar-refractivity contribution is 0.0867. The van der Waals surface area contributed by atoms with Crippen molar-refractivity contribution in [2.45, 2.75) is 20.4 Å². The summed E-state index contributed by atoms with van der Waals surface area (Å²) in [6, 6.07) is 4.26. The highest BCUT2D eigenvalue weighted by Crippen LogP contribution is 2.21. The van der Waals surface area contributed by atoms with E-state index in [1.165, 1.54) is 16.7 Å². The Balaban J connectivity index is 2.86. The van der Waals surface area contributed by atoms with Crippen molar-refractivity contribution in [1.29, 1.82) is 0 Å². The van der Waals surface area contributed by atoms with Gasteiger partial charge in [0, 0.05) is 11.0 Å². The molecule has 1 aromatic rings. The fourth-order valence-corrected chi connectivity index (χ4v) is 1.75. The number of halogens is 1. The van der Waals surface area contributed by atoms with Gasteiger partial charge in [0.15, 0.2) is 0 Å². The highest BCUT2D eigenvalue weighted by molar-refractivity contribution is 9.10. The molecule has 0 spiro atoms. The van der Waals surface area contributed by atoms with E-state index < -0.39 is 0 Å². The maximum atomic E-state index is 4.79. The molecule has 0 saturated heterocycles. The van der Waals surface area contributed by atoms with Crippen LogP contribution in [0.25, 0.3) is 0 Å². The molecule has 72 valence electrons. The lowest BCUT2D eigenvalue weighted by atomic mass is 10.1. The monoisotopic (exact) mass is 243 g/mol. The lowest BCUT2D eigenvalue weighted by Crippen LogP contribution is -2.10. The van der Waals surface area contributed by atoms with Crippen LogP contribution in [0.3, 0.4) is 0 Å². The molecule has 1 rings (SSSR count). The Labute approximate surface area is 87.4 Å². The molecule has 0 heterocycles. The van der Waals surface area contributed by atoms with E-state index in [0.29, 0.717) is 0 Å². The van der Waals surface area contributed by atoms with Gasteiger partial charge < -0.3 is 4.84 Å². The van der Waals surface area contributed by atoms with Crippen molar-refractivity contribution in [2.24, 2.45) is 0 Å². The molecular formula is C10H14BrNO. The van der Waals surface area contributed by atoms with E-state index in [9.17, 15) is 0 Å².